The van der Waals surface area contributed by atoms with Crippen LogP contribution in [0.15, 0.2) is 24.8 Å². The Balaban J connectivity index is 3.20. The van der Waals surface area contributed by atoms with Gasteiger partial charge < -0.3 is 9.84 Å². The van der Waals surface area contributed by atoms with E-state index in [-0.39, 0.29) is 17.1 Å². The first-order chi connectivity index (χ1) is 7.06. The van der Waals surface area contributed by atoms with Crippen molar-refractivity contribution >= 4 is 28.4 Å². The minimum absolute atomic E-state index is 0.0477. The van der Waals surface area contributed by atoms with E-state index in [1.165, 1.54) is 13.0 Å². The summed E-state index contributed by atoms with van der Waals surface area (Å²) in [6.45, 7) is 5.22. The van der Waals surface area contributed by atoms with E-state index in [9.17, 15) is 9.90 Å². The van der Waals surface area contributed by atoms with Gasteiger partial charge in [-0.1, -0.05) is 12.7 Å². The zero-order valence-electron chi connectivity index (χ0n) is 8.29. The lowest BCUT2D eigenvalue weighted by molar-refractivity contribution is 0.101. The third-order valence-electron chi connectivity index (χ3n) is 1.75. The minimum Gasteiger partial charge on any atom is -0.507 e. The van der Waals surface area contributed by atoms with Gasteiger partial charge in [0.2, 0.25) is 0 Å². The molecule has 0 saturated heterocycles. The zero-order chi connectivity index (χ0) is 11.4. The van der Waals surface area contributed by atoms with E-state index in [0.717, 1.165) is 3.57 Å². The highest BCUT2D eigenvalue weighted by molar-refractivity contribution is 14.1. The van der Waals surface area contributed by atoms with Crippen LogP contribution in [0, 0.1) is 3.57 Å². The Morgan fingerprint density at radius 2 is 2.33 bits per heavy atom. The van der Waals surface area contributed by atoms with Gasteiger partial charge in [-0.2, -0.15) is 0 Å². The Labute approximate surface area is 102 Å². The van der Waals surface area contributed by atoms with Gasteiger partial charge in [0.1, 0.15) is 23.7 Å². The van der Waals surface area contributed by atoms with Crippen molar-refractivity contribution in [2.45, 2.75) is 6.92 Å². The third-order valence-corrected chi connectivity index (χ3v) is 2.38. The van der Waals surface area contributed by atoms with Crippen molar-refractivity contribution in [1.82, 2.24) is 0 Å². The highest BCUT2D eigenvalue weighted by Crippen LogP contribution is 2.30. The number of Topliss-reactive ketones (excluding diaryl/α,β-unsaturated/α-hetero) is 1. The van der Waals surface area contributed by atoms with Gasteiger partial charge in [0.05, 0.1) is 0 Å². The average Bonchev–Trinajstić information content (AvgIpc) is 2.12. The summed E-state index contributed by atoms with van der Waals surface area (Å²) in [6, 6.07) is 3.23. The lowest BCUT2D eigenvalue weighted by Crippen LogP contribution is -2.02. The number of halogens is 1. The van der Waals surface area contributed by atoms with E-state index in [1.54, 1.807) is 12.1 Å². The van der Waals surface area contributed by atoms with Crippen LogP contribution in [-0.4, -0.2) is 17.5 Å². The largest absolute Gasteiger partial charge is 0.507 e. The molecule has 1 N–H and O–H groups in total. The quantitative estimate of drug-likeness (QED) is 0.527. The second-order valence-corrected chi connectivity index (χ2v) is 4.20. The van der Waals surface area contributed by atoms with Crippen LogP contribution in [0.2, 0.25) is 0 Å². The van der Waals surface area contributed by atoms with Crippen molar-refractivity contribution in [3.05, 3.63) is 33.9 Å². The molecule has 0 unspecified atom stereocenters. The fourth-order valence-electron chi connectivity index (χ4n) is 1.18. The molecule has 0 fully saturated rings. The Kier molecular flexibility index (Phi) is 4.14. The Morgan fingerprint density at radius 3 is 2.87 bits per heavy atom. The van der Waals surface area contributed by atoms with Gasteiger partial charge in [0.25, 0.3) is 0 Å². The standard InChI is InChI=1S/C11H11IO3/c1-3-4-15-10-6-8(12)5-9(14)11(10)7(2)13/h3,5-6,14H,1,4H2,2H3. The Hall–Kier alpha value is -1.04. The number of ether oxygens (including phenoxy) is 1. The first kappa shape index (κ1) is 12.0. The molecule has 1 aromatic rings. The number of ketones is 1. The number of carbonyl (C=O) groups is 1. The Bertz CT molecular complexity index is 399. The van der Waals surface area contributed by atoms with Crippen LogP contribution in [0.4, 0.5) is 0 Å². The fourth-order valence-corrected chi connectivity index (χ4v) is 1.76. The molecule has 0 aliphatic heterocycles. The lowest BCUT2D eigenvalue weighted by atomic mass is 10.1. The predicted molar refractivity (Wildman–Crippen MR) is 66.5 cm³/mol. The molecule has 0 saturated carbocycles. The van der Waals surface area contributed by atoms with Gasteiger partial charge in [0.15, 0.2) is 5.78 Å². The molecule has 0 bridgehead atoms. The monoisotopic (exact) mass is 318 g/mol. The molecule has 3 nitrogen and oxygen atoms in total. The van der Waals surface area contributed by atoms with Gasteiger partial charge in [0, 0.05) is 3.57 Å². The maximum absolute atomic E-state index is 11.3. The van der Waals surface area contributed by atoms with Gasteiger partial charge in [-0.25, -0.2) is 0 Å². The number of aromatic hydroxyl groups is 1. The molecule has 1 aromatic carbocycles. The molecule has 0 atom stereocenters. The van der Waals surface area contributed by atoms with Crippen molar-refractivity contribution in [3.8, 4) is 11.5 Å². The van der Waals surface area contributed by atoms with Crippen molar-refractivity contribution in [1.29, 1.82) is 0 Å². The lowest BCUT2D eigenvalue weighted by Gasteiger charge is -2.10. The van der Waals surface area contributed by atoms with Crippen LogP contribution >= 0.6 is 22.6 Å². The van der Waals surface area contributed by atoms with Gasteiger partial charge in [-0.05, 0) is 41.6 Å². The van der Waals surface area contributed by atoms with E-state index in [1.807, 2.05) is 22.6 Å². The molecule has 0 aromatic heterocycles. The molecule has 80 valence electrons. The molecule has 0 radical (unpaired) electrons. The normalized spacial score (nSPS) is 9.73. The number of hydrogen-bond donors (Lipinski definition) is 1. The maximum Gasteiger partial charge on any atom is 0.167 e. The first-order valence-corrected chi connectivity index (χ1v) is 5.41. The molecule has 15 heavy (non-hydrogen) atoms. The molecule has 0 amide bonds. The van der Waals surface area contributed by atoms with Crippen molar-refractivity contribution < 1.29 is 14.6 Å². The maximum atomic E-state index is 11.3. The highest BCUT2D eigenvalue weighted by Gasteiger charge is 2.14. The van der Waals surface area contributed by atoms with Gasteiger partial charge in [-0.3, -0.25) is 4.79 Å². The van der Waals surface area contributed by atoms with Crippen molar-refractivity contribution in [2.24, 2.45) is 0 Å². The summed E-state index contributed by atoms with van der Waals surface area (Å²) in [4.78, 5) is 11.3. The minimum atomic E-state index is -0.219. The summed E-state index contributed by atoms with van der Waals surface area (Å²) in [7, 11) is 0. The molecular formula is C11H11IO3. The second-order valence-electron chi connectivity index (χ2n) is 2.95. The zero-order valence-corrected chi connectivity index (χ0v) is 10.4. The van der Waals surface area contributed by atoms with E-state index >= 15 is 0 Å². The predicted octanol–water partition coefficient (Wildman–Crippen LogP) is 2.76. The van der Waals surface area contributed by atoms with E-state index in [2.05, 4.69) is 6.58 Å². The number of hydrogen-bond acceptors (Lipinski definition) is 3. The summed E-state index contributed by atoms with van der Waals surface area (Å²) >= 11 is 2.05. The van der Waals surface area contributed by atoms with Crippen molar-refractivity contribution in [3.63, 3.8) is 0 Å². The summed E-state index contributed by atoms with van der Waals surface area (Å²) in [6.07, 6.45) is 1.58. The van der Waals surface area contributed by atoms with Crippen LogP contribution in [-0.2, 0) is 0 Å². The molecule has 0 spiro atoms. The number of rotatable bonds is 4. The average molecular weight is 318 g/mol. The number of phenols is 1. The van der Waals surface area contributed by atoms with Crippen LogP contribution in [0.3, 0.4) is 0 Å². The molecule has 4 heteroatoms. The number of benzene rings is 1. The van der Waals surface area contributed by atoms with E-state index in [4.69, 9.17) is 4.74 Å². The molecule has 1 rings (SSSR count). The van der Waals surface area contributed by atoms with E-state index in [0.29, 0.717) is 12.4 Å². The molecule has 0 aliphatic carbocycles. The second kappa shape index (κ2) is 5.16. The third kappa shape index (κ3) is 2.95. The summed E-state index contributed by atoms with van der Waals surface area (Å²) in [5.74, 6) is 0.128. The molecular weight excluding hydrogens is 307 g/mol. The van der Waals surface area contributed by atoms with Gasteiger partial charge >= 0.3 is 0 Å². The van der Waals surface area contributed by atoms with Crippen LogP contribution < -0.4 is 4.74 Å². The topological polar surface area (TPSA) is 46.5 Å². The first-order valence-electron chi connectivity index (χ1n) is 4.33. The Morgan fingerprint density at radius 1 is 1.67 bits per heavy atom. The number of phenolic OH excluding ortho intramolecular Hbond substituents is 1. The summed E-state index contributed by atoms with van der Waals surface area (Å²) in [5, 5.41) is 9.61. The van der Waals surface area contributed by atoms with Crippen molar-refractivity contribution in [2.75, 3.05) is 6.61 Å². The summed E-state index contributed by atoms with van der Waals surface area (Å²) < 4.78 is 6.12. The molecule has 0 aliphatic rings. The molecule has 0 heterocycles. The van der Waals surface area contributed by atoms with Gasteiger partial charge in [-0.15, -0.1) is 0 Å². The highest BCUT2D eigenvalue weighted by atomic mass is 127. The fraction of sp³-hybridized carbons (Fsp3) is 0.182. The van der Waals surface area contributed by atoms with E-state index < -0.39 is 0 Å². The van der Waals surface area contributed by atoms with Crippen LogP contribution in [0.25, 0.3) is 0 Å². The van der Waals surface area contributed by atoms with Crippen LogP contribution in [0.5, 0.6) is 11.5 Å². The summed E-state index contributed by atoms with van der Waals surface area (Å²) in [5.41, 5.74) is 0.220. The van der Waals surface area contributed by atoms with Crippen LogP contribution in [0.1, 0.15) is 17.3 Å². The SMILES string of the molecule is C=CCOc1cc(I)cc(O)c1C(C)=O. The number of carbonyl (C=O) groups excluding carboxylic acids is 1. The smallest absolute Gasteiger partial charge is 0.167 e.